The fourth-order valence-corrected chi connectivity index (χ4v) is 1.19. The molecule has 1 heterocycles. The molecule has 0 saturated heterocycles. The minimum Gasteiger partial charge on any atom is -0.396 e. The second-order valence-corrected chi connectivity index (χ2v) is 3.29. The molecule has 1 amide bonds. The molecular weight excluding hydrogens is 180 g/mol. The van der Waals surface area contributed by atoms with Crippen molar-refractivity contribution in [2.45, 2.75) is 19.4 Å². The van der Waals surface area contributed by atoms with Crippen LogP contribution in [0, 0.1) is 0 Å². The summed E-state index contributed by atoms with van der Waals surface area (Å²) in [7, 11) is 1.94. The number of hydrogen-bond donors (Lipinski definition) is 2. The lowest BCUT2D eigenvalue weighted by molar-refractivity contribution is -0.121. The molecule has 0 aromatic carbocycles. The monoisotopic (exact) mass is 196 g/mol. The van der Waals surface area contributed by atoms with Crippen molar-refractivity contribution in [1.82, 2.24) is 9.88 Å². The Labute approximate surface area is 83.5 Å². The molecule has 0 aliphatic heterocycles. The second kappa shape index (κ2) is 5.44. The first-order chi connectivity index (χ1) is 6.72. The molecule has 0 spiro atoms. The molecule has 0 radical (unpaired) electrons. The third-order valence-corrected chi connectivity index (χ3v) is 1.94. The van der Waals surface area contributed by atoms with Gasteiger partial charge in [-0.15, -0.1) is 0 Å². The average molecular weight is 196 g/mol. The van der Waals surface area contributed by atoms with Crippen molar-refractivity contribution in [3.63, 3.8) is 0 Å². The lowest BCUT2D eigenvalue weighted by Gasteiger charge is -2.02. The Balaban J connectivity index is 2.23. The Kier molecular flexibility index (Phi) is 4.19. The van der Waals surface area contributed by atoms with Crippen LogP contribution >= 0.6 is 0 Å². The largest absolute Gasteiger partial charge is 0.396 e. The summed E-state index contributed by atoms with van der Waals surface area (Å²) in [5.41, 5.74) is 1.09. The van der Waals surface area contributed by atoms with Crippen molar-refractivity contribution in [2.24, 2.45) is 7.05 Å². The fraction of sp³-hybridized carbons (Fsp3) is 0.500. The van der Waals surface area contributed by atoms with E-state index in [0.717, 1.165) is 5.56 Å². The number of amides is 1. The van der Waals surface area contributed by atoms with E-state index >= 15 is 0 Å². The van der Waals surface area contributed by atoms with Crippen LogP contribution in [0.5, 0.6) is 0 Å². The van der Waals surface area contributed by atoms with E-state index in [1.807, 2.05) is 30.1 Å². The van der Waals surface area contributed by atoms with Gasteiger partial charge < -0.3 is 15.0 Å². The van der Waals surface area contributed by atoms with E-state index in [0.29, 0.717) is 19.4 Å². The SMILES string of the molecule is Cn1ccc(CNC(=O)CCCO)c1. The number of aromatic nitrogens is 1. The zero-order valence-corrected chi connectivity index (χ0v) is 8.36. The van der Waals surface area contributed by atoms with E-state index < -0.39 is 0 Å². The molecule has 78 valence electrons. The van der Waals surface area contributed by atoms with Gasteiger partial charge in [-0.25, -0.2) is 0 Å². The van der Waals surface area contributed by atoms with Crippen molar-refractivity contribution < 1.29 is 9.90 Å². The van der Waals surface area contributed by atoms with Crippen LogP contribution in [-0.4, -0.2) is 22.2 Å². The zero-order chi connectivity index (χ0) is 10.4. The maximum Gasteiger partial charge on any atom is 0.220 e. The molecule has 0 atom stereocenters. The zero-order valence-electron chi connectivity index (χ0n) is 8.36. The number of hydrogen-bond acceptors (Lipinski definition) is 2. The van der Waals surface area contributed by atoms with Crippen molar-refractivity contribution in [3.8, 4) is 0 Å². The van der Waals surface area contributed by atoms with Gasteiger partial charge in [-0.05, 0) is 18.1 Å². The van der Waals surface area contributed by atoms with Gasteiger partial charge in [-0.3, -0.25) is 4.79 Å². The molecule has 0 bridgehead atoms. The summed E-state index contributed by atoms with van der Waals surface area (Å²) in [5.74, 6) is -0.0112. The highest BCUT2D eigenvalue weighted by Gasteiger charge is 2.00. The summed E-state index contributed by atoms with van der Waals surface area (Å²) < 4.78 is 1.94. The summed E-state index contributed by atoms with van der Waals surface area (Å²) in [6.07, 6.45) is 4.82. The average Bonchev–Trinajstić information content (AvgIpc) is 2.58. The smallest absolute Gasteiger partial charge is 0.220 e. The lowest BCUT2D eigenvalue weighted by atomic mass is 10.3. The number of aliphatic hydroxyl groups excluding tert-OH is 1. The minimum absolute atomic E-state index is 0.0112. The number of nitrogens with one attached hydrogen (secondary N) is 1. The first-order valence-electron chi connectivity index (χ1n) is 4.71. The molecule has 4 heteroatoms. The van der Waals surface area contributed by atoms with Gasteiger partial charge in [0.05, 0.1) is 0 Å². The van der Waals surface area contributed by atoms with Gasteiger partial charge in [-0.1, -0.05) is 0 Å². The number of aryl methyl sites for hydroxylation is 1. The van der Waals surface area contributed by atoms with Gasteiger partial charge in [0, 0.05) is 39.0 Å². The number of carbonyl (C=O) groups is 1. The van der Waals surface area contributed by atoms with E-state index in [2.05, 4.69) is 5.32 Å². The summed E-state index contributed by atoms with van der Waals surface area (Å²) in [5, 5.41) is 11.3. The van der Waals surface area contributed by atoms with Crippen molar-refractivity contribution >= 4 is 5.91 Å². The molecule has 4 nitrogen and oxygen atoms in total. The third-order valence-electron chi connectivity index (χ3n) is 1.94. The van der Waals surface area contributed by atoms with Gasteiger partial charge in [0.1, 0.15) is 0 Å². The van der Waals surface area contributed by atoms with Crippen LogP contribution in [0.25, 0.3) is 0 Å². The molecule has 0 aliphatic rings. The quantitative estimate of drug-likeness (QED) is 0.717. The summed E-state index contributed by atoms with van der Waals surface area (Å²) in [4.78, 5) is 11.2. The van der Waals surface area contributed by atoms with Gasteiger partial charge >= 0.3 is 0 Å². The first kappa shape index (κ1) is 10.8. The molecule has 2 N–H and O–H groups in total. The van der Waals surface area contributed by atoms with Gasteiger partial charge in [0.25, 0.3) is 0 Å². The molecular formula is C10H16N2O2. The molecule has 1 rings (SSSR count). The highest BCUT2D eigenvalue weighted by atomic mass is 16.3. The topological polar surface area (TPSA) is 54.3 Å². The van der Waals surface area contributed by atoms with Crippen LogP contribution < -0.4 is 5.32 Å². The molecule has 1 aromatic rings. The molecule has 0 fully saturated rings. The van der Waals surface area contributed by atoms with Gasteiger partial charge in [0.15, 0.2) is 0 Å². The summed E-state index contributed by atoms with van der Waals surface area (Å²) >= 11 is 0. The number of rotatable bonds is 5. The standard InChI is InChI=1S/C10H16N2O2/c1-12-5-4-9(8-12)7-11-10(14)3-2-6-13/h4-5,8,13H,2-3,6-7H2,1H3,(H,11,14). The van der Waals surface area contributed by atoms with E-state index in [1.165, 1.54) is 0 Å². The maximum atomic E-state index is 11.2. The summed E-state index contributed by atoms with van der Waals surface area (Å²) in [6.45, 7) is 0.629. The molecule has 14 heavy (non-hydrogen) atoms. The Morgan fingerprint density at radius 3 is 3.00 bits per heavy atom. The number of aliphatic hydroxyl groups is 1. The Morgan fingerprint density at radius 1 is 1.64 bits per heavy atom. The van der Waals surface area contributed by atoms with E-state index in [-0.39, 0.29) is 12.5 Å². The van der Waals surface area contributed by atoms with Crippen LogP contribution in [0.4, 0.5) is 0 Å². The van der Waals surface area contributed by atoms with Crippen LogP contribution in [0.3, 0.4) is 0 Å². The Morgan fingerprint density at radius 2 is 2.43 bits per heavy atom. The minimum atomic E-state index is -0.0112. The van der Waals surface area contributed by atoms with Gasteiger partial charge in [-0.2, -0.15) is 0 Å². The van der Waals surface area contributed by atoms with Crippen LogP contribution in [0.2, 0.25) is 0 Å². The number of carbonyl (C=O) groups excluding carboxylic acids is 1. The number of nitrogens with zero attached hydrogens (tertiary/aromatic N) is 1. The van der Waals surface area contributed by atoms with Crippen LogP contribution in [0.15, 0.2) is 18.5 Å². The van der Waals surface area contributed by atoms with Crippen molar-refractivity contribution in [1.29, 1.82) is 0 Å². The second-order valence-electron chi connectivity index (χ2n) is 3.29. The Bertz CT molecular complexity index is 294. The maximum absolute atomic E-state index is 11.2. The van der Waals surface area contributed by atoms with Crippen molar-refractivity contribution in [3.05, 3.63) is 24.0 Å². The molecule has 1 aromatic heterocycles. The Hall–Kier alpha value is -1.29. The van der Waals surface area contributed by atoms with E-state index in [9.17, 15) is 4.79 Å². The predicted molar refractivity (Wildman–Crippen MR) is 53.6 cm³/mol. The lowest BCUT2D eigenvalue weighted by Crippen LogP contribution is -2.22. The molecule has 0 unspecified atom stereocenters. The molecule has 0 aliphatic carbocycles. The molecule has 0 saturated carbocycles. The summed E-state index contributed by atoms with van der Waals surface area (Å²) in [6, 6.07) is 1.96. The predicted octanol–water partition coefficient (Wildman–Crippen LogP) is 0.414. The van der Waals surface area contributed by atoms with Crippen LogP contribution in [-0.2, 0) is 18.4 Å². The fourth-order valence-electron chi connectivity index (χ4n) is 1.19. The van der Waals surface area contributed by atoms with Gasteiger partial charge in [0.2, 0.25) is 5.91 Å². The van der Waals surface area contributed by atoms with Crippen molar-refractivity contribution in [2.75, 3.05) is 6.61 Å². The van der Waals surface area contributed by atoms with E-state index in [4.69, 9.17) is 5.11 Å². The van der Waals surface area contributed by atoms with E-state index in [1.54, 1.807) is 0 Å². The third kappa shape index (κ3) is 3.62. The highest BCUT2D eigenvalue weighted by Crippen LogP contribution is 1.98. The van der Waals surface area contributed by atoms with Crippen LogP contribution in [0.1, 0.15) is 18.4 Å². The highest BCUT2D eigenvalue weighted by molar-refractivity contribution is 5.75. The normalized spacial score (nSPS) is 10.1. The first-order valence-corrected chi connectivity index (χ1v) is 4.71.